The number of aliphatic imine (C=N–C) groups is 2. The minimum atomic E-state index is -0.854. The number of ether oxygens (including phenoxy) is 2. The lowest BCUT2D eigenvalue weighted by Gasteiger charge is -2.30. The molecule has 3 aromatic rings. The number of Topliss-reactive ketones (excluding diaryl/α,β-unsaturated/α-hetero) is 1. The van der Waals surface area contributed by atoms with Gasteiger partial charge >= 0.3 is 0 Å². The zero-order valence-corrected chi connectivity index (χ0v) is 20.9. The van der Waals surface area contributed by atoms with Gasteiger partial charge in [0.25, 0.3) is 5.91 Å². The predicted molar refractivity (Wildman–Crippen MR) is 143 cm³/mol. The first-order valence-corrected chi connectivity index (χ1v) is 13.0. The smallest absolute Gasteiger partial charge is 0.271 e. The molecule has 1 unspecified atom stereocenters. The molecule has 0 radical (unpaired) electrons. The average Bonchev–Trinajstić information content (AvgIpc) is 3.55. The summed E-state index contributed by atoms with van der Waals surface area (Å²) >= 11 is 1.23. The van der Waals surface area contributed by atoms with Crippen molar-refractivity contribution in [1.82, 2.24) is 10.2 Å². The van der Waals surface area contributed by atoms with Crippen LogP contribution in [0.15, 0.2) is 82.8 Å². The summed E-state index contributed by atoms with van der Waals surface area (Å²) in [5.74, 6) is 1.10. The highest BCUT2D eigenvalue weighted by molar-refractivity contribution is 8.14. The van der Waals surface area contributed by atoms with Crippen LogP contribution >= 0.6 is 11.8 Å². The van der Waals surface area contributed by atoms with Gasteiger partial charge in [-0.3, -0.25) is 19.3 Å². The zero-order valence-electron chi connectivity index (χ0n) is 20.1. The van der Waals surface area contributed by atoms with Crippen molar-refractivity contribution in [3.05, 3.63) is 89.5 Å². The van der Waals surface area contributed by atoms with Crippen LogP contribution in [0.5, 0.6) is 11.5 Å². The van der Waals surface area contributed by atoms with E-state index in [-0.39, 0.29) is 37.2 Å². The number of hydrogen-bond acceptors (Lipinski definition) is 8. The second kappa shape index (κ2) is 10.1. The Bertz CT molecular complexity index is 1500. The Labute approximate surface area is 222 Å². The minimum Gasteiger partial charge on any atom is -0.454 e. The fraction of sp³-hybridized carbons (Fsp3) is 0.179. The van der Waals surface area contributed by atoms with E-state index >= 15 is 0 Å². The van der Waals surface area contributed by atoms with Crippen molar-refractivity contribution in [2.45, 2.75) is 19.0 Å². The van der Waals surface area contributed by atoms with E-state index in [0.717, 1.165) is 5.56 Å². The fourth-order valence-corrected chi connectivity index (χ4v) is 5.38. The van der Waals surface area contributed by atoms with Crippen LogP contribution in [0, 0.1) is 0 Å². The fourth-order valence-electron chi connectivity index (χ4n) is 4.44. The second-order valence-electron chi connectivity index (χ2n) is 8.82. The second-order valence-corrected chi connectivity index (χ2v) is 9.76. The molecule has 2 amide bonds. The number of carbonyl (C=O) groups excluding carboxylic acids is 3. The van der Waals surface area contributed by atoms with Crippen LogP contribution in [0.4, 0.5) is 5.69 Å². The number of nitrogens with zero attached hydrogens (tertiary/aromatic N) is 3. The Morgan fingerprint density at radius 3 is 2.63 bits per heavy atom. The number of amidine groups is 2. The van der Waals surface area contributed by atoms with Crippen molar-refractivity contribution in [3.8, 4) is 11.5 Å². The summed E-state index contributed by atoms with van der Waals surface area (Å²) < 4.78 is 10.7. The molecule has 1 N–H and O–H groups in total. The van der Waals surface area contributed by atoms with Gasteiger partial charge in [0.1, 0.15) is 11.9 Å². The molecule has 1 atom stereocenters. The summed E-state index contributed by atoms with van der Waals surface area (Å²) in [6.07, 6.45) is -0.106. The van der Waals surface area contributed by atoms with Crippen molar-refractivity contribution in [2.75, 3.05) is 12.5 Å². The van der Waals surface area contributed by atoms with Crippen molar-refractivity contribution in [2.24, 2.45) is 9.98 Å². The summed E-state index contributed by atoms with van der Waals surface area (Å²) in [6.45, 7) is 0.448. The third kappa shape index (κ3) is 4.66. The van der Waals surface area contributed by atoms with Crippen LogP contribution in [-0.4, -0.2) is 52.1 Å². The largest absolute Gasteiger partial charge is 0.454 e. The topological polar surface area (TPSA) is 110 Å². The molecular formula is C28H22N4O5S. The predicted octanol–water partition coefficient (Wildman–Crippen LogP) is 3.70. The van der Waals surface area contributed by atoms with Gasteiger partial charge in [0.15, 0.2) is 22.4 Å². The van der Waals surface area contributed by atoms with E-state index in [1.807, 2.05) is 54.6 Å². The van der Waals surface area contributed by atoms with E-state index in [1.165, 1.54) is 11.8 Å². The Kier molecular flexibility index (Phi) is 6.38. The summed E-state index contributed by atoms with van der Waals surface area (Å²) in [5, 5.41) is 3.34. The van der Waals surface area contributed by atoms with Crippen LogP contribution in [-0.2, 0) is 16.1 Å². The van der Waals surface area contributed by atoms with E-state index < -0.39 is 11.9 Å². The van der Waals surface area contributed by atoms with Gasteiger partial charge in [-0.1, -0.05) is 60.3 Å². The molecule has 38 heavy (non-hydrogen) atoms. The Balaban J connectivity index is 1.18. The molecule has 190 valence electrons. The van der Waals surface area contributed by atoms with Crippen LogP contribution in [0.25, 0.3) is 0 Å². The number of fused-ring (bicyclic) bond motifs is 4. The molecule has 6 rings (SSSR count). The zero-order chi connectivity index (χ0) is 26.1. The first kappa shape index (κ1) is 23.9. The molecule has 0 aliphatic carbocycles. The molecule has 0 fully saturated rings. The summed E-state index contributed by atoms with van der Waals surface area (Å²) in [6, 6.07) is 21.0. The molecule has 0 spiro atoms. The third-order valence-electron chi connectivity index (χ3n) is 6.34. The number of benzene rings is 3. The van der Waals surface area contributed by atoms with E-state index in [2.05, 4.69) is 10.3 Å². The summed E-state index contributed by atoms with van der Waals surface area (Å²) in [4.78, 5) is 49.4. The van der Waals surface area contributed by atoms with Gasteiger partial charge in [-0.25, -0.2) is 4.99 Å². The molecular weight excluding hydrogens is 504 g/mol. The Morgan fingerprint density at radius 2 is 1.76 bits per heavy atom. The van der Waals surface area contributed by atoms with Gasteiger partial charge in [-0.2, -0.15) is 4.99 Å². The van der Waals surface area contributed by atoms with Crippen molar-refractivity contribution in [3.63, 3.8) is 0 Å². The van der Waals surface area contributed by atoms with Gasteiger partial charge in [-0.05, 0) is 29.8 Å². The molecule has 0 saturated heterocycles. The van der Waals surface area contributed by atoms with Gasteiger partial charge < -0.3 is 14.8 Å². The number of carbonyl (C=O) groups is 3. The average molecular weight is 527 g/mol. The lowest BCUT2D eigenvalue weighted by molar-refractivity contribution is -0.126. The van der Waals surface area contributed by atoms with Crippen LogP contribution < -0.4 is 14.8 Å². The highest BCUT2D eigenvalue weighted by atomic mass is 32.2. The maximum absolute atomic E-state index is 13.0. The van der Waals surface area contributed by atoms with Crippen molar-refractivity contribution < 1.29 is 23.9 Å². The standard InChI is InChI=1S/C28H22N4O5S/c33-22(18-6-2-1-3-7-18)15-38-28-30-20-9-5-4-8-19(20)26-31-27(35)21(32(26)28)13-25(34)29-14-17-10-11-23-24(12-17)37-16-36-23/h1-12,21H,13-16H2,(H,29,34). The van der Waals surface area contributed by atoms with Gasteiger partial charge in [-0.15, -0.1) is 0 Å². The minimum absolute atomic E-state index is 0.0563. The molecule has 9 nitrogen and oxygen atoms in total. The number of ketones is 1. The Hall–Kier alpha value is -4.44. The van der Waals surface area contributed by atoms with E-state index in [4.69, 9.17) is 14.5 Å². The Morgan fingerprint density at radius 1 is 0.974 bits per heavy atom. The molecule has 0 bridgehead atoms. The molecule has 0 saturated carbocycles. The number of nitrogens with one attached hydrogen (secondary N) is 1. The molecule has 3 aromatic carbocycles. The maximum Gasteiger partial charge on any atom is 0.271 e. The maximum atomic E-state index is 13.0. The number of para-hydroxylation sites is 1. The van der Waals surface area contributed by atoms with Gasteiger partial charge in [0.2, 0.25) is 12.7 Å². The normalized spacial score (nSPS) is 16.9. The number of amides is 2. The van der Waals surface area contributed by atoms with E-state index in [0.29, 0.717) is 39.3 Å². The first-order chi connectivity index (χ1) is 18.6. The molecule has 0 aromatic heterocycles. The van der Waals surface area contributed by atoms with Gasteiger partial charge in [0, 0.05) is 17.7 Å². The lowest BCUT2D eigenvalue weighted by atomic mass is 10.1. The molecule has 3 aliphatic heterocycles. The molecule has 3 heterocycles. The monoisotopic (exact) mass is 526 g/mol. The molecule has 10 heteroatoms. The SMILES string of the molecule is O=C(CC1C(=O)N=C2c3ccccc3N=C(SCC(=O)c3ccccc3)N21)NCc1ccc2c(c1)OCO2. The van der Waals surface area contributed by atoms with Crippen LogP contribution in [0.3, 0.4) is 0 Å². The first-order valence-electron chi connectivity index (χ1n) is 12.0. The van der Waals surface area contributed by atoms with Crippen LogP contribution in [0.2, 0.25) is 0 Å². The summed E-state index contributed by atoms with van der Waals surface area (Å²) in [5.41, 5.74) is 2.82. The van der Waals surface area contributed by atoms with E-state index in [9.17, 15) is 14.4 Å². The van der Waals surface area contributed by atoms with Crippen molar-refractivity contribution in [1.29, 1.82) is 0 Å². The lowest BCUT2D eigenvalue weighted by Crippen LogP contribution is -2.46. The van der Waals surface area contributed by atoms with Gasteiger partial charge in [0.05, 0.1) is 17.9 Å². The summed E-state index contributed by atoms with van der Waals surface area (Å²) in [7, 11) is 0. The third-order valence-corrected chi connectivity index (χ3v) is 7.29. The van der Waals surface area contributed by atoms with Crippen molar-refractivity contribution >= 4 is 46.1 Å². The van der Waals surface area contributed by atoms with E-state index in [1.54, 1.807) is 23.1 Å². The highest BCUT2D eigenvalue weighted by Gasteiger charge is 2.42. The number of thioether (sulfide) groups is 1. The highest BCUT2D eigenvalue weighted by Crippen LogP contribution is 2.35. The molecule has 3 aliphatic rings. The quantitative estimate of drug-likeness (QED) is 0.468. The number of hydrogen-bond donors (Lipinski definition) is 1. The van der Waals surface area contributed by atoms with Crippen LogP contribution in [0.1, 0.15) is 27.9 Å². The number of rotatable bonds is 7.